The molecule has 4 heteroatoms. The van der Waals surface area contributed by atoms with Crippen LogP contribution in [0.15, 0.2) is 12.2 Å². The van der Waals surface area contributed by atoms with E-state index in [1.807, 2.05) is 6.92 Å². The molecule has 1 atom stereocenters. The van der Waals surface area contributed by atoms with Crippen molar-refractivity contribution in [3.05, 3.63) is 12.2 Å². The highest BCUT2D eigenvalue weighted by Crippen LogP contribution is 2.18. The zero-order valence-corrected chi connectivity index (χ0v) is 24.8. The lowest BCUT2D eigenvalue weighted by Crippen LogP contribution is -2.19. The van der Waals surface area contributed by atoms with Crippen LogP contribution in [0.4, 0.5) is 0 Å². The van der Waals surface area contributed by atoms with E-state index in [4.69, 9.17) is 4.74 Å². The van der Waals surface area contributed by atoms with Gasteiger partial charge in [-0.25, -0.2) is 0 Å². The molecule has 0 heterocycles. The van der Waals surface area contributed by atoms with E-state index in [-0.39, 0.29) is 12.4 Å². The third-order valence-corrected chi connectivity index (χ3v) is 7.29. The Morgan fingerprint density at radius 1 is 0.595 bits per heavy atom. The smallest absolute Gasteiger partial charge is 0.307 e. The standard InChI is InChI=1S/C33H62O4/c1-3-5-6-7-8-9-10-11-12-13-14-15-16-17-18-19-20-21-22-23-24-25-26-27-28-31(33(35)36)30-32(34)37-29-4-2/h9-10,31H,3-8,11-30H2,1-2H3,(H,35,36)/b10-9+. The van der Waals surface area contributed by atoms with Crippen molar-refractivity contribution >= 4 is 11.9 Å². The number of unbranched alkanes of at least 4 members (excludes halogenated alkanes) is 20. The van der Waals surface area contributed by atoms with Crippen molar-refractivity contribution in [2.45, 2.75) is 174 Å². The highest BCUT2D eigenvalue weighted by molar-refractivity contribution is 5.78. The zero-order valence-electron chi connectivity index (χ0n) is 24.8. The Bertz CT molecular complexity index is 528. The molecule has 37 heavy (non-hydrogen) atoms. The SMILES string of the molecule is CCCCCC/C=C/CCCCCCCCCCCCCCCCCCC(CC(=O)OCCC)C(=O)O. The molecule has 0 aliphatic heterocycles. The van der Waals surface area contributed by atoms with Gasteiger partial charge in [0, 0.05) is 0 Å². The number of hydrogen-bond donors (Lipinski definition) is 1. The number of hydrogen-bond acceptors (Lipinski definition) is 3. The summed E-state index contributed by atoms with van der Waals surface area (Å²) in [5.74, 6) is -1.85. The fourth-order valence-electron chi connectivity index (χ4n) is 4.84. The summed E-state index contributed by atoms with van der Waals surface area (Å²) in [6.07, 6.45) is 35.1. The first-order chi connectivity index (χ1) is 18.1. The molecule has 0 spiro atoms. The topological polar surface area (TPSA) is 63.6 Å². The van der Waals surface area contributed by atoms with Crippen molar-refractivity contribution in [2.75, 3.05) is 6.61 Å². The van der Waals surface area contributed by atoms with E-state index in [0.717, 1.165) is 19.3 Å². The highest BCUT2D eigenvalue weighted by Gasteiger charge is 2.21. The van der Waals surface area contributed by atoms with E-state index < -0.39 is 11.9 Å². The van der Waals surface area contributed by atoms with Crippen LogP contribution in [0.3, 0.4) is 0 Å². The minimum Gasteiger partial charge on any atom is -0.481 e. The Hall–Kier alpha value is -1.32. The monoisotopic (exact) mass is 522 g/mol. The van der Waals surface area contributed by atoms with Gasteiger partial charge in [-0.1, -0.05) is 142 Å². The van der Waals surface area contributed by atoms with Gasteiger partial charge in [-0.3, -0.25) is 9.59 Å². The third kappa shape index (κ3) is 27.5. The summed E-state index contributed by atoms with van der Waals surface area (Å²) in [6.45, 7) is 4.58. The van der Waals surface area contributed by atoms with Gasteiger partial charge in [0.1, 0.15) is 0 Å². The number of ether oxygens (including phenoxy) is 1. The fourth-order valence-corrected chi connectivity index (χ4v) is 4.84. The van der Waals surface area contributed by atoms with E-state index in [2.05, 4.69) is 19.1 Å². The average Bonchev–Trinajstić information content (AvgIpc) is 2.89. The molecule has 0 aromatic heterocycles. The number of carboxylic acids is 1. The van der Waals surface area contributed by atoms with Crippen LogP contribution < -0.4 is 0 Å². The first-order valence-electron chi connectivity index (χ1n) is 16.1. The van der Waals surface area contributed by atoms with Gasteiger partial charge in [0.15, 0.2) is 0 Å². The lowest BCUT2D eigenvalue weighted by Gasteiger charge is -2.11. The van der Waals surface area contributed by atoms with Crippen LogP contribution in [0.2, 0.25) is 0 Å². The Kier molecular flexibility index (Phi) is 28.2. The Morgan fingerprint density at radius 2 is 1.00 bits per heavy atom. The molecule has 0 saturated carbocycles. The predicted octanol–water partition coefficient (Wildman–Crippen LogP) is 10.6. The molecule has 4 nitrogen and oxygen atoms in total. The number of esters is 1. The number of carbonyl (C=O) groups is 2. The molecule has 218 valence electrons. The molecule has 0 aliphatic rings. The molecule has 0 radical (unpaired) electrons. The average molecular weight is 523 g/mol. The molecule has 0 fully saturated rings. The van der Waals surface area contributed by atoms with Crippen molar-refractivity contribution < 1.29 is 19.4 Å². The highest BCUT2D eigenvalue weighted by atomic mass is 16.5. The van der Waals surface area contributed by atoms with Gasteiger partial charge in [0.25, 0.3) is 0 Å². The van der Waals surface area contributed by atoms with Crippen molar-refractivity contribution in [2.24, 2.45) is 5.92 Å². The maximum Gasteiger partial charge on any atom is 0.307 e. The van der Waals surface area contributed by atoms with E-state index in [1.54, 1.807) is 0 Å². The second-order valence-corrected chi connectivity index (χ2v) is 11.0. The minimum absolute atomic E-state index is 0.00645. The van der Waals surface area contributed by atoms with Gasteiger partial charge in [0.2, 0.25) is 0 Å². The Labute approximate surface area is 230 Å². The first-order valence-corrected chi connectivity index (χ1v) is 16.1. The molecule has 0 amide bonds. The molecule has 0 aliphatic carbocycles. The van der Waals surface area contributed by atoms with Crippen LogP contribution >= 0.6 is 0 Å². The van der Waals surface area contributed by atoms with Crippen LogP contribution in [-0.4, -0.2) is 23.7 Å². The molecule has 1 N–H and O–H groups in total. The van der Waals surface area contributed by atoms with Crippen molar-refractivity contribution in [1.29, 1.82) is 0 Å². The van der Waals surface area contributed by atoms with Crippen LogP contribution in [0.25, 0.3) is 0 Å². The van der Waals surface area contributed by atoms with Gasteiger partial charge in [-0.05, 0) is 38.5 Å². The van der Waals surface area contributed by atoms with Crippen LogP contribution in [0.5, 0.6) is 0 Å². The quantitative estimate of drug-likeness (QED) is 0.0602. The summed E-state index contributed by atoms with van der Waals surface area (Å²) in [7, 11) is 0. The second-order valence-electron chi connectivity index (χ2n) is 11.0. The fraction of sp³-hybridized carbons (Fsp3) is 0.879. The summed E-state index contributed by atoms with van der Waals surface area (Å²) >= 11 is 0. The predicted molar refractivity (Wildman–Crippen MR) is 158 cm³/mol. The number of allylic oxidation sites excluding steroid dienone is 2. The van der Waals surface area contributed by atoms with Crippen molar-refractivity contribution in [3.8, 4) is 0 Å². The molecular weight excluding hydrogens is 460 g/mol. The zero-order chi connectivity index (χ0) is 27.2. The lowest BCUT2D eigenvalue weighted by molar-refractivity contribution is -0.151. The third-order valence-electron chi connectivity index (χ3n) is 7.29. The number of rotatable bonds is 29. The first kappa shape index (κ1) is 35.7. The molecule has 1 unspecified atom stereocenters. The lowest BCUT2D eigenvalue weighted by atomic mass is 9.97. The van der Waals surface area contributed by atoms with Crippen LogP contribution in [-0.2, 0) is 14.3 Å². The second kappa shape index (κ2) is 29.2. The summed E-state index contributed by atoms with van der Waals surface area (Å²) in [5.41, 5.74) is 0. The van der Waals surface area contributed by atoms with Crippen LogP contribution in [0, 0.1) is 5.92 Å². The number of aliphatic carboxylic acids is 1. The molecular formula is C33H62O4. The van der Waals surface area contributed by atoms with E-state index in [1.165, 1.54) is 128 Å². The summed E-state index contributed by atoms with van der Waals surface area (Å²) in [4.78, 5) is 23.0. The molecule has 0 aromatic rings. The van der Waals surface area contributed by atoms with Crippen molar-refractivity contribution in [3.63, 3.8) is 0 Å². The van der Waals surface area contributed by atoms with Crippen LogP contribution in [0.1, 0.15) is 174 Å². The van der Waals surface area contributed by atoms with E-state index >= 15 is 0 Å². The number of carbonyl (C=O) groups excluding carboxylic acids is 1. The Balaban J connectivity index is 3.33. The summed E-state index contributed by atoms with van der Waals surface area (Å²) < 4.78 is 5.02. The van der Waals surface area contributed by atoms with Gasteiger partial charge >= 0.3 is 11.9 Å². The summed E-state index contributed by atoms with van der Waals surface area (Å²) in [6, 6.07) is 0. The Morgan fingerprint density at radius 3 is 1.41 bits per heavy atom. The van der Waals surface area contributed by atoms with Gasteiger partial charge in [-0.2, -0.15) is 0 Å². The summed E-state index contributed by atoms with van der Waals surface area (Å²) in [5, 5.41) is 9.32. The van der Waals surface area contributed by atoms with Gasteiger partial charge < -0.3 is 9.84 Å². The maximum atomic E-state index is 11.7. The minimum atomic E-state index is -0.875. The van der Waals surface area contributed by atoms with E-state index in [0.29, 0.717) is 13.0 Å². The maximum absolute atomic E-state index is 11.7. The molecule has 0 saturated heterocycles. The van der Waals surface area contributed by atoms with Gasteiger partial charge in [0.05, 0.1) is 18.9 Å². The number of carboxylic acid groups (broad SMARTS) is 1. The normalized spacial score (nSPS) is 12.3. The van der Waals surface area contributed by atoms with E-state index in [9.17, 15) is 14.7 Å². The van der Waals surface area contributed by atoms with Crippen molar-refractivity contribution in [1.82, 2.24) is 0 Å². The molecule has 0 rings (SSSR count). The van der Waals surface area contributed by atoms with Gasteiger partial charge in [-0.15, -0.1) is 0 Å². The largest absolute Gasteiger partial charge is 0.481 e. The molecule has 0 aromatic carbocycles. The molecule has 0 bridgehead atoms.